The van der Waals surface area contributed by atoms with Crippen molar-refractivity contribution in [2.45, 2.75) is 26.2 Å². The lowest BCUT2D eigenvalue weighted by Crippen LogP contribution is -2.36. The van der Waals surface area contributed by atoms with Gasteiger partial charge in [0.2, 0.25) is 5.91 Å². The van der Waals surface area contributed by atoms with Crippen LogP contribution in [0, 0.1) is 0 Å². The Labute approximate surface area is 130 Å². The van der Waals surface area contributed by atoms with Crippen molar-refractivity contribution in [2.24, 2.45) is 10.7 Å². The van der Waals surface area contributed by atoms with Crippen LogP contribution in [-0.4, -0.2) is 56.8 Å². The van der Waals surface area contributed by atoms with Crippen molar-refractivity contribution < 1.29 is 23.9 Å². The molecule has 0 saturated heterocycles. The third kappa shape index (κ3) is 5.94. The summed E-state index contributed by atoms with van der Waals surface area (Å²) in [5.41, 5.74) is 5.60. The number of ether oxygens (including phenoxy) is 2. The van der Waals surface area contributed by atoms with Gasteiger partial charge in [-0.3, -0.25) is 14.6 Å². The highest BCUT2D eigenvalue weighted by Crippen LogP contribution is 2.11. The lowest BCUT2D eigenvalue weighted by molar-refractivity contribution is -0.146. The fourth-order valence-electron chi connectivity index (χ4n) is 1.61. The molecule has 0 fully saturated rings. The standard InChI is InChI=1S/C14H23N3O5/c1-5-6-7-17(11(18)8-12(19)21-3)10(9-16-2)13(15)14(20)22-4/h9H,5-8,15H2,1-4H3. The van der Waals surface area contributed by atoms with Crippen LogP contribution in [0.2, 0.25) is 0 Å². The van der Waals surface area contributed by atoms with Crippen molar-refractivity contribution in [1.82, 2.24) is 4.90 Å². The van der Waals surface area contributed by atoms with E-state index in [0.29, 0.717) is 13.0 Å². The van der Waals surface area contributed by atoms with Gasteiger partial charge in [-0.1, -0.05) is 13.3 Å². The monoisotopic (exact) mass is 313 g/mol. The molecule has 124 valence electrons. The van der Waals surface area contributed by atoms with Gasteiger partial charge in [-0.25, -0.2) is 4.79 Å². The summed E-state index contributed by atoms with van der Waals surface area (Å²) in [4.78, 5) is 40.2. The summed E-state index contributed by atoms with van der Waals surface area (Å²) in [7, 11) is 3.86. The zero-order chi connectivity index (χ0) is 17.1. The number of carbonyl (C=O) groups excluding carboxylic acids is 3. The summed E-state index contributed by atoms with van der Waals surface area (Å²) >= 11 is 0. The predicted octanol–water partition coefficient (Wildman–Crippen LogP) is 0.222. The molecule has 0 atom stereocenters. The van der Waals surface area contributed by atoms with E-state index in [-0.39, 0.29) is 11.4 Å². The Morgan fingerprint density at radius 3 is 2.32 bits per heavy atom. The van der Waals surface area contributed by atoms with Crippen molar-refractivity contribution in [3.05, 3.63) is 11.4 Å². The molecular formula is C14H23N3O5. The van der Waals surface area contributed by atoms with Crippen LogP contribution in [0.4, 0.5) is 0 Å². The second kappa shape index (κ2) is 10.4. The van der Waals surface area contributed by atoms with Crippen LogP contribution in [0.25, 0.3) is 0 Å². The molecule has 0 spiro atoms. The first-order chi connectivity index (χ1) is 10.4. The smallest absolute Gasteiger partial charge is 0.356 e. The van der Waals surface area contributed by atoms with Gasteiger partial charge in [-0.2, -0.15) is 0 Å². The van der Waals surface area contributed by atoms with Gasteiger partial charge in [0.25, 0.3) is 0 Å². The number of amides is 1. The molecule has 0 aromatic heterocycles. The van der Waals surface area contributed by atoms with E-state index in [2.05, 4.69) is 14.5 Å². The maximum atomic E-state index is 12.3. The fourth-order valence-corrected chi connectivity index (χ4v) is 1.61. The molecule has 0 heterocycles. The number of hydrogen-bond acceptors (Lipinski definition) is 7. The molecule has 0 unspecified atom stereocenters. The number of hydrogen-bond donors (Lipinski definition) is 1. The molecule has 0 aromatic carbocycles. The SMILES string of the molecule is CCCCN(C(=O)CC(=O)OC)C(C=NC)=C(N)C(=O)OC. The van der Waals surface area contributed by atoms with Crippen LogP contribution < -0.4 is 5.73 Å². The Bertz CT molecular complexity index is 471. The van der Waals surface area contributed by atoms with E-state index >= 15 is 0 Å². The summed E-state index contributed by atoms with van der Waals surface area (Å²) in [6.45, 7) is 2.25. The first-order valence-corrected chi connectivity index (χ1v) is 6.80. The van der Waals surface area contributed by atoms with Crippen LogP contribution in [-0.2, 0) is 23.9 Å². The first-order valence-electron chi connectivity index (χ1n) is 6.80. The van der Waals surface area contributed by atoms with Crippen LogP contribution >= 0.6 is 0 Å². The van der Waals surface area contributed by atoms with Crippen LogP contribution in [0.5, 0.6) is 0 Å². The quantitative estimate of drug-likeness (QED) is 0.297. The van der Waals surface area contributed by atoms with Gasteiger partial charge in [0.05, 0.1) is 19.9 Å². The molecule has 0 bridgehead atoms. The van der Waals surface area contributed by atoms with E-state index in [4.69, 9.17) is 5.73 Å². The third-order valence-corrected chi connectivity index (χ3v) is 2.78. The average Bonchev–Trinajstić information content (AvgIpc) is 2.52. The number of nitrogens with two attached hydrogens (primary N) is 1. The zero-order valence-electron chi connectivity index (χ0n) is 13.4. The minimum Gasteiger partial charge on any atom is -0.469 e. The Hall–Kier alpha value is -2.38. The minimum atomic E-state index is -0.776. The Morgan fingerprint density at radius 2 is 1.86 bits per heavy atom. The number of esters is 2. The Morgan fingerprint density at radius 1 is 1.23 bits per heavy atom. The minimum absolute atomic E-state index is 0.108. The highest BCUT2D eigenvalue weighted by molar-refractivity contribution is 6.01. The Kier molecular flexibility index (Phi) is 9.24. The molecule has 22 heavy (non-hydrogen) atoms. The van der Waals surface area contributed by atoms with E-state index in [1.807, 2.05) is 6.92 Å². The maximum absolute atomic E-state index is 12.3. The molecule has 0 radical (unpaired) electrons. The van der Waals surface area contributed by atoms with Gasteiger partial charge in [0.1, 0.15) is 12.1 Å². The van der Waals surface area contributed by atoms with Gasteiger partial charge in [0, 0.05) is 19.8 Å². The highest BCUT2D eigenvalue weighted by atomic mass is 16.5. The molecule has 8 nitrogen and oxygen atoms in total. The first kappa shape index (κ1) is 19.6. The van der Waals surface area contributed by atoms with E-state index in [9.17, 15) is 14.4 Å². The molecule has 0 aliphatic rings. The molecule has 2 N–H and O–H groups in total. The number of allylic oxidation sites excluding steroid dienone is 1. The number of unbranched alkanes of at least 4 members (excludes halogenated alkanes) is 1. The number of methoxy groups -OCH3 is 2. The maximum Gasteiger partial charge on any atom is 0.356 e. The van der Waals surface area contributed by atoms with Crippen molar-refractivity contribution in [3.8, 4) is 0 Å². The predicted molar refractivity (Wildman–Crippen MR) is 80.9 cm³/mol. The summed E-state index contributed by atoms with van der Waals surface area (Å²) in [5.74, 6) is -1.97. The van der Waals surface area contributed by atoms with Crippen LogP contribution in [0.15, 0.2) is 16.4 Å². The average molecular weight is 313 g/mol. The number of nitrogens with zero attached hydrogens (tertiary/aromatic N) is 2. The van der Waals surface area contributed by atoms with Crippen LogP contribution in [0.1, 0.15) is 26.2 Å². The molecule has 0 aliphatic carbocycles. The van der Waals surface area contributed by atoms with Crippen molar-refractivity contribution in [3.63, 3.8) is 0 Å². The zero-order valence-corrected chi connectivity index (χ0v) is 13.4. The van der Waals surface area contributed by atoms with Gasteiger partial charge >= 0.3 is 11.9 Å². The van der Waals surface area contributed by atoms with E-state index < -0.39 is 24.3 Å². The lowest BCUT2D eigenvalue weighted by atomic mass is 10.2. The summed E-state index contributed by atoms with van der Waals surface area (Å²) in [6, 6.07) is 0. The Balaban J connectivity index is 5.63. The summed E-state index contributed by atoms with van der Waals surface area (Å²) in [6.07, 6.45) is 2.33. The second-order valence-electron chi connectivity index (χ2n) is 4.33. The van der Waals surface area contributed by atoms with E-state index in [1.165, 1.54) is 32.4 Å². The lowest BCUT2D eigenvalue weighted by Gasteiger charge is -2.24. The number of carbonyl (C=O) groups is 3. The highest BCUT2D eigenvalue weighted by Gasteiger charge is 2.24. The molecule has 1 amide bonds. The van der Waals surface area contributed by atoms with Crippen molar-refractivity contribution in [2.75, 3.05) is 27.8 Å². The van der Waals surface area contributed by atoms with E-state index in [1.54, 1.807) is 0 Å². The topological polar surface area (TPSA) is 111 Å². The fraction of sp³-hybridized carbons (Fsp3) is 0.571. The largest absolute Gasteiger partial charge is 0.469 e. The van der Waals surface area contributed by atoms with Gasteiger partial charge in [0.15, 0.2) is 0 Å². The summed E-state index contributed by atoms with van der Waals surface area (Å²) < 4.78 is 9.05. The molecule has 0 aliphatic heterocycles. The third-order valence-electron chi connectivity index (χ3n) is 2.78. The number of rotatable bonds is 8. The normalized spacial score (nSPS) is 11.8. The molecule has 0 aromatic rings. The van der Waals surface area contributed by atoms with Gasteiger partial charge in [-0.05, 0) is 6.42 Å². The second-order valence-corrected chi connectivity index (χ2v) is 4.33. The van der Waals surface area contributed by atoms with Crippen molar-refractivity contribution >= 4 is 24.1 Å². The molecule has 0 saturated carbocycles. The molecular weight excluding hydrogens is 290 g/mol. The number of aliphatic imine (C=N–C) groups is 1. The van der Waals surface area contributed by atoms with Gasteiger partial charge < -0.3 is 20.1 Å². The van der Waals surface area contributed by atoms with E-state index in [0.717, 1.165) is 6.42 Å². The summed E-state index contributed by atoms with van der Waals surface area (Å²) in [5, 5.41) is 0. The van der Waals surface area contributed by atoms with Crippen molar-refractivity contribution in [1.29, 1.82) is 0 Å². The molecule has 8 heteroatoms. The van der Waals surface area contributed by atoms with Gasteiger partial charge in [-0.15, -0.1) is 0 Å². The van der Waals surface area contributed by atoms with Crippen LogP contribution in [0.3, 0.4) is 0 Å². The molecule has 0 rings (SSSR count).